The number of esters is 1. The van der Waals surface area contributed by atoms with Gasteiger partial charge < -0.3 is 15.2 Å². The van der Waals surface area contributed by atoms with Crippen molar-refractivity contribution < 1.29 is 19.4 Å². The van der Waals surface area contributed by atoms with Crippen molar-refractivity contribution in [2.75, 3.05) is 11.9 Å². The number of hydrogen-bond donors (Lipinski definition) is 2. The van der Waals surface area contributed by atoms with Crippen LogP contribution in [0.25, 0.3) is 11.3 Å². The van der Waals surface area contributed by atoms with Crippen LogP contribution in [0.2, 0.25) is 0 Å². The van der Waals surface area contributed by atoms with E-state index >= 15 is 0 Å². The molecule has 0 unspecified atom stereocenters. The number of aliphatic hydroxyl groups is 1. The van der Waals surface area contributed by atoms with Crippen molar-refractivity contribution >= 4 is 17.6 Å². The van der Waals surface area contributed by atoms with Crippen LogP contribution in [0.1, 0.15) is 44.6 Å². The molecule has 1 aromatic carbocycles. The third-order valence-corrected chi connectivity index (χ3v) is 4.64. The van der Waals surface area contributed by atoms with E-state index in [-0.39, 0.29) is 24.6 Å². The molecule has 2 aromatic heterocycles. The summed E-state index contributed by atoms with van der Waals surface area (Å²) in [7, 11) is 0. The third kappa shape index (κ3) is 4.52. The molecule has 2 heterocycles. The molecule has 7 heteroatoms. The fourth-order valence-corrected chi connectivity index (χ4v) is 3.01. The lowest BCUT2D eigenvalue weighted by Gasteiger charge is -2.13. The van der Waals surface area contributed by atoms with Crippen LogP contribution in [0.3, 0.4) is 0 Å². The van der Waals surface area contributed by atoms with Crippen molar-refractivity contribution in [3.8, 4) is 11.3 Å². The highest BCUT2D eigenvalue weighted by Gasteiger charge is 2.18. The summed E-state index contributed by atoms with van der Waals surface area (Å²) in [6.45, 7) is 5.39. The van der Waals surface area contributed by atoms with Gasteiger partial charge in [0.15, 0.2) is 5.69 Å². The first-order chi connectivity index (χ1) is 14.4. The van der Waals surface area contributed by atoms with E-state index in [2.05, 4.69) is 15.3 Å². The lowest BCUT2D eigenvalue weighted by molar-refractivity contribution is 0.0518. The van der Waals surface area contributed by atoms with Gasteiger partial charge in [-0.05, 0) is 50.1 Å². The molecule has 0 aliphatic heterocycles. The average Bonchev–Trinajstić information content (AvgIpc) is 2.75. The number of nitrogens with zero attached hydrogens (tertiary/aromatic N) is 2. The molecule has 3 rings (SSSR count). The maximum absolute atomic E-state index is 13.0. The molecule has 0 bridgehead atoms. The highest BCUT2D eigenvalue weighted by atomic mass is 16.5. The molecular formula is C23H23N3O4. The highest BCUT2D eigenvalue weighted by molar-refractivity contribution is 6.05. The molecule has 0 fully saturated rings. The molecule has 30 heavy (non-hydrogen) atoms. The smallest absolute Gasteiger partial charge is 0.357 e. The Balaban J connectivity index is 1.91. The van der Waals surface area contributed by atoms with Gasteiger partial charge in [-0.3, -0.25) is 4.79 Å². The monoisotopic (exact) mass is 405 g/mol. The second kappa shape index (κ2) is 9.28. The second-order valence-corrected chi connectivity index (χ2v) is 6.73. The van der Waals surface area contributed by atoms with E-state index < -0.39 is 11.9 Å². The Bertz CT molecular complexity index is 1100. The predicted octanol–water partition coefficient (Wildman–Crippen LogP) is 3.68. The first kappa shape index (κ1) is 21.1. The fraction of sp³-hybridized carbons (Fsp3) is 0.217. The summed E-state index contributed by atoms with van der Waals surface area (Å²) in [5.41, 5.74) is 4.33. The summed E-state index contributed by atoms with van der Waals surface area (Å²) >= 11 is 0. The van der Waals surface area contributed by atoms with Crippen molar-refractivity contribution in [1.29, 1.82) is 0 Å². The molecule has 2 N–H and O–H groups in total. The van der Waals surface area contributed by atoms with Gasteiger partial charge in [-0.15, -0.1) is 0 Å². The van der Waals surface area contributed by atoms with Crippen LogP contribution in [-0.4, -0.2) is 33.6 Å². The van der Waals surface area contributed by atoms with Crippen LogP contribution in [0, 0.1) is 13.8 Å². The van der Waals surface area contributed by atoms with E-state index in [0.29, 0.717) is 22.5 Å². The van der Waals surface area contributed by atoms with E-state index in [1.807, 2.05) is 36.4 Å². The Morgan fingerprint density at radius 1 is 1.10 bits per heavy atom. The number of rotatable bonds is 6. The van der Waals surface area contributed by atoms with E-state index in [1.165, 1.54) is 6.20 Å². The number of ether oxygens (including phenoxy) is 1. The highest BCUT2D eigenvalue weighted by Crippen LogP contribution is 2.22. The van der Waals surface area contributed by atoms with Crippen LogP contribution >= 0.6 is 0 Å². The van der Waals surface area contributed by atoms with Gasteiger partial charge in [-0.25, -0.2) is 14.8 Å². The molecule has 0 aliphatic rings. The molecule has 154 valence electrons. The van der Waals surface area contributed by atoms with Gasteiger partial charge >= 0.3 is 5.97 Å². The first-order valence-corrected chi connectivity index (χ1v) is 9.56. The van der Waals surface area contributed by atoms with Gasteiger partial charge in [-0.1, -0.05) is 24.3 Å². The van der Waals surface area contributed by atoms with Crippen molar-refractivity contribution in [2.24, 2.45) is 0 Å². The summed E-state index contributed by atoms with van der Waals surface area (Å²) in [5.74, 6) is -0.928. The van der Waals surface area contributed by atoms with Gasteiger partial charge in [0.1, 0.15) is 5.69 Å². The molecule has 0 radical (unpaired) electrons. The zero-order valence-electron chi connectivity index (χ0n) is 17.1. The minimum absolute atomic E-state index is 0.0723. The van der Waals surface area contributed by atoms with Gasteiger partial charge in [0, 0.05) is 23.0 Å². The Kier molecular flexibility index (Phi) is 6.54. The van der Waals surface area contributed by atoms with Gasteiger partial charge in [0.25, 0.3) is 5.91 Å². The maximum atomic E-state index is 13.0. The molecular weight excluding hydrogens is 382 g/mol. The SMILES string of the molecule is CCOC(=O)c1nccc(NC(=O)c2nc(-c3cccc(CO)c3)ccc2C)c1C. The minimum Gasteiger partial charge on any atom is -0.461 e. The van der Waals surface area contributed by atoms with Crippen LogP contribution in [0.15, 0.2) is 48.7 Å². The third-order valence-electron chi connectivity index (χ3n) is 4.64. The Labute approximate surface area is 174 Å². The molecule has 0 saturated heterocycles. The van der Waals surface area contributed by atoms with E-state index in [1.54, 1.807) is 26.8 Å². The summed E-state index contributed by atoms with van der Waals surface area (Å²) in [4.78, 5) is 33.6. The maximum Gasteiger partial charge on any atom is 0.357 e. The predicted molar refractivity (Wildman–Crippen MR) is 113 cm³/mol. The molecule has 7 nitrogen and oxygen atoms in total. The quantitative estimate of drug-likeness (QED) is 0.607. The second-order valence-electron chi connectivity index (χ2n) is 6.73. The molecule has 0 aliphatic carbocycles. The minimum atomic E-state index is -0.536. The van der Waals surface area contributed by atoms with E-state index in [9.17, 15) is 14.7 Å². The van der Waals surface area contributed by atoms with Crippen LogP contribution in [-0.2, 0) is 11.3 Å². The zero-order chi connectivity index (χ0) is 21.7. The number of aryl methyl sites for hydroxylation is 1. The van der Waals surface area contributed by atoms with Gasteiger partial charge in [0.2, 0.25) is 0 Å². The number of hydrogen-bond acceptors (Lipinski definition) is 6. The number of carbonyl (C=O) groups excluding carboxylic acids is 2. The number of nitrogens with one attached hydrogen (secondary N) is 1. The summed E-state index contributed by atoms with van der Waals surface area (Å²) in [6.07, 6.45) is 1.45. The summed E-state index contributed by atoms with van der Waals surface area (Å²) < 4.78 is 5.01. The largest absolute Gasteiger partial charge is 0.461 e. The van der Waals surface area contributed by atoms with E-state index in [0.717, 1.165) is 11.1 Å². The number of benzene rings is 1. The molecule has 0 saturated carbocycles. The van der Waals surface area contributed by atoms with Crippen molar-refractivity contribution in [3.63, 3.8) is 0 Å². The number of pyridine rings is 2. The Morgan fingerprint density at radius 3 is 2.63 bits per heavy atom. The number of carbonyl (C=O) groups is 2. The van der Waals surface area contributed by atoms with Gasteiger partial charge in [0.05, 0.1) is 18.9 Å². The summed E-state index contributed by atoms with van der Waals surface area (Å²) in [5, 5.41) is 12.2. The topological polar surface area (TPSA) is 101 Å². The number of aliphatic hydroxyl groups excluding tert-OH is 1. The van der Waals surface area contributed by atoms with Gasteiger partial charge in [-0.2, -0.15) is 0 Å². The number of aromatic nitrogens is 2. The molecule has 3 aromatic rings. The van der Waals surface area contributed by atoms with Crippen LogP contribution < -0.4 is 5.32 Å². The number of anilines is 1. The first-order valence-electron chi connectivity index (χ1n) is 9.56. The lowest BCUT2D eigenvalue weighted by atomic mass is 10.1. The Morgan fingerprint density at radius 2 is 1.90 bits per heavy atom. The lowest BCUT2D eigenvalue weighted by Crippen LogP contribution is -2.18. The fourth-order valence-electron chi connectivity index (χ4n) is 3.01. The standard InChI is InChI=1S/C23H23N3O4/c1-4-30-23(29)21-15(3)18(10-11-24-21)26-22(28)20-14(2)8-9-19(25-20)17-7-5-6-16(12-17)13-27/h5-12,27H,4,13H2,1-3H3,(H,24,26,28). The Hall–Kier alpha value is -3.58. The van der Waals surface area contributed by atoms with Crippen LogP contribution in [0.4, 0.5) is 5.69 Å². The van der Waals surface area contributed by atoms with Crippen molar-refractivity contribution in [2.45, 2.75) is 27.4 Å². The van der Waals surface area contributed by atoms with Crippen LogP contribution in [0.5, 0.6) is 0 Å². The molecule has 0 atom stereocenters. The number of amides is 1. The molecule has 0 spiro atoms. The zero-order valence-corrected chi connectivity index (χ0v) is 17.1. The molecule has 1 amide bonds. The summed E-state index contributed by atoms with van der Waals surface area (Å²) in [6, 6.07) is 12.6. The van der Waals surface area contributed by atoms with E-state index in [4.69, 9.17) is 4.74 Å². The van der Waals surface area contributed by atoms with Crippen molar-refractivity contribution in [1.82, 2.24) is 9.97 Å². The van der Waals surface area contributed by atoms with Crippen molar-refractivity contribution in [3.05, 3.63) is 76.7 Å². The normalized spacial score (nSPS) is 10.5. The average molecular weight is 405 g/mol.